The van der Waals surface area contributed by atoms with E-state index in [2.05, 4.69) is 15.3 Å². The summed E-state index contributed by atoms with van der Waals surface area (Å²) in [5, 5.41) is 3.19. The predicted octanol–water partition coefficient (Wildman–Crippen LogP) is 1.88. The molecule has 1 heterocycles. The van der Waals surface area contributed by atoms with Crippen molar-refractivity contribution in [3.63, 3.8) is 0 Å². The molecule has 0 amide bonds. The Kier molecular flexibility index (Phi) is 3.66. The maximum absolute atomic E-state index is 13.2. The van der Waals surface area contributed by atoms with Gasteiger partial charge in [-0.3, -0.25) is 0 Å². The van der Waals surface area contributed by atoms with Crippen LogP contribution < -0.4 is 5.32 Å². The van der Waals surface area contributed by atoms with Gasteiger partial charge in [0.1, 0.15) is 5.82 Å². The molecule has 2 aromatic rings. The molecule has 4 heteroatoms. The molecule has 0 saturated heterocycles. The maximum atomic E-state index is 13.2. The number of nitrogens with zero attached hydrogens (tertiary/aromatic N) is 1. The second-order valence-electron chi connectivity index (χ2n) is 3.60. The summed E-state index contributed by atoms with van der Waals surface area (Å²) >= 11 is 0. The van der Waals surface area contributed by atoms with E-state index in [1.54, 1.807) is 24.7 Å². The fourth-order valence-corrected chi connectivity index (χ4v) is 1.51. The molecule has 16 heavy (non-hydrogen) atoms. The van der Waals surface area contributed by atoms with Gasteiger partial charge in [0.15, 0.2) is 0 Å². The summed E-state index contributed by atoms with van der Waals surface area (Å²) in [5.41, 5.74) is 1.79. The van der Waals surface area contributed by atoms with Gasteiger partial charge in [0.25, 0.3) is 0 Å². The van der Waals surface area contributed by atoms with E-state index in [4.69, 9.17) is 0 Å². The zero-order chi connectivity index (χ0) is 11.2. The second kappa shape index (κ2) is 5.42. The number of H-pyrrole nitrogens is 1. The highest BCUT2D eigenvalue weighted by molar-refractivity contribution is 5.16. The molecule has 0 aliphatic carbocycles. The topological polar surface area (TPSA) is 40.7 Å². The number of nitrogens with one attached hydrogen (secondary N) is 2. The van der Waals surface area contributed by atoms with Crippen LogP contribution in [0.1, 0.15) is 11.3 Å². The number of halogens is 1. The first-order valence-corrected chi connectivity index (χ1v) is 5.27. The quantitative estimate of drug-likeness (QED) is 0.754. The molecule has 1 aromatic carbocycles. The van der Waals surface area contributed by atoms with Crippen LogP contribution in [0.3, 0.4) is 0 Å². The average Bonchev–Trinajstić information content (AvgIpc) is 2.79. The highest BCUT2D eigenvalue weighted by atomic mass is 19.1. The van der Waals surface area contributed by atoms with Crippen molar-refractivity contribution in [3.8, 4) is 0 Å². The minimum Gasteiger partial charge on any atom is -0.348 e. The fraction of sp³-hybridized carbons (Fsp3) is 0.250. The van der Waals surface area contributed by atoms with E-state index in [1.165, 1.54) is 6.07 Å². The summed E-state index contributed by atoms with van der Waals surface area (Å²) in [5.74, 6) is -0.156. The fourth-order valence-electron chi connectivity index (χ4n) is 1.51. The first-order valence-electron chi connectivity index (χ1n) is 5.27. The SMILES string of the molecule is Fc1ccccc1CNCCc1cnc[nH]1. The molecular weight excluding hydrogens is 205 g/mol. The molecule has 2 rings (SSSR count). The molecular formula is C12H14FN3. The zero-order valence-corrected chi connectivity index (χ0v) is 8.91. The predicted molar refractivity (Wildman–Crippen MR) is 60.4 cm³/mol. The monoisotopic (exact) mass is 219 g/mol. The summed E-state index contributed by atoms with van der Waals surface area (Å²) in [6.45, 7) is 1.36. The average molecular weight is 219 g/mol. The van der Waals surface area contributed by atoms with Crippen LogP contribution in [0.4, 0.5) is 4.39 Å². The van der Waals surface area contributed by atoms with Gasteiger partial charge >= 0.3 is 0 Å². The second-order valence-corrected chi connectivity index (χ2v) is 3.60. The van der Waals surface area contributed by atoms with Crippen LogP contribution in [0.5, 0.6) is 0 Å². The van der Waals surface area contributed by atoms with Crippen LogP contribution >= 0.6 is 0 Å². The lowest BCUT2D eigenvalue weighted by atomic mass is 10.2. The van der Waals surface area contributed by atoms with Gasteiger partial charge < -0.3 is 10.3 Å². The van der Waals surface area contributed by atoms with Crippen LogP contribution in [0.15, 0.2) is 36.8 Å². The first kappa shape index (κ1) is 10.8. The molecule has 0 spiro atoms. The Labute approximate surface area is 93.7 Å². The van der Waals surface area contributed by atoms with Gasteiger partial charge in [-0.2, -0.15) is 0 Å². The summed E-state index contributed by atoms with van der Waals surface area (Å²) < 4.78 is 13.2. The number of hydrogen-bond acceptors (Lipinski definition) is 2. The van der Waals surface area contributed by atoms with Crippen molar-refractivity contribution < 1.29 is 4.39 Å². The Morgan fingerprint density at radius 2 is 2.19 bits per heavy atom. The number of rotatable bonds is 5. The van der Waals surface area contributed by atoms with E-state index in [1.807, 2.05) is 6.07 Å². The molecule has 0 radical (unpaired) electrons. The molecule has 0 fully saturated rings. The molecule has 3 nitrogen and oxygen atoms in total. The van der Waals surface area contributed by atoms with Crippen molar-refractivity contribution in [2.75, 3.05) is 6.54 Å². The minimum absolute atomic E-state index is 0.156. The lowest BCUT2D eigenvalue weighted by molar-refractivity contribution is 0.587. The summed E-state index contributed by atoms with van der Waals surface area (Å²) in [7, 11) is 0. The lowest BCUT2D eigenvalue weighted by Gasteiger charge is -2.04. The minimum atomic E-state index is -0.156. The molecule has 0 aliphatic heterocycles. The Hall–Kier alpha value is -1.68. The third-order valence-corrected chi connectivity index (χ3v) is 2.40. The van der Waals surface area contributed by atoms with Crippen molar-refractivity contribution >= 4 is 0 Å². The van der Waals surface area contributed by atoms with Crippen LogP contribution in [0.2, 0.25) is 0 Å². The standard InChI is InChI=1S/C12H14FN3/c13-12-4-2-1-3-10(12)7-14-6-5-11-8-15-9-16-11/h1-4,8-9,14H,5-7H2,(H,15,16). The van der Waals surface area contributed by atoms with Gasteiger partial charge in [0.05, 0.1) is 6.33 Å². The van der Waals surface area contributed by atoms with E-state index < -0.39 is 0 Å². The van der Waals surface area contributed by atoms with Gasteiger partial charge in [-0.15, -0.1) is 0 Å². The van der Waals surface area contributed by atoms with Crippen LogP contribution in [0.25, 0.3) is 0 Å². The van der Waals surface area contributed by atoms with Gasteiger partial charge in [-0.05, 0) is 6.07 Å². The Morgan fingerprint density at radius 3 is 2.94 bits per heavy atom. The summed E-state index contributed by atoms with van der Waals surface area (Å²) in [4.78, 5) is 6.95. The number of imidazole rings is 1. The van der Waals surface area contributed by atoms with E-state index in [0.29, 0.717) is 12.1 Å². The van der Waals surface area contributed by atoms with E-state index in [-0.39, 0.29) is 5.82 Å². The normalized spacial score (nSPS) is 10.6. The van der Waals surface area contributed by atoms with Crippen molar-refractivity contribution in [1.29, 1.82) is 0 Å². The largest absolute Gasteiger partial charge is 0.348 e. The third kappa shape index (κ3) is 2.90. The van der Waals surface area contributed by atoms with Crippen LogP contribution in [-0.2, 0) is 13.0 Å². The van der Waals surface area contributed by atoms with Gasteiger partial charge in [0, 0.05) is 37.0 Å². The molecule has 0 bridgehead atoms. The maximum Gasteiger partial charge on any atom is 0.127 e. The van der Waals surface area contributed by atoms with Gasteiger partial charge in [0.2, 0.25) is 0 Å². The number of aromatic nitrogens is 2. The van der Waals surface area contributed by atoms with E-state index in [9.17, 15) is 4.39 Å². The molecule has 0 atom stereocenters. The Bertz CT molecular complexity index is 426. The smallest absolute Gasteiger partial charge is 0.127 e. The molecule has 0 saturated carbocycles. The third-order valence-electron chi connectivity index (χ3n) is 2.40. The zero-order valence-electron chi connectivity index (χ0n) is 8.91. The molecule has 84 valence electrons. The number of aromatic amines is 1. The summed E-state index contributed by atoms with van der Waals surface area (Å²) in [6, 6.07) is 6.81. The molecule has 2 N–H and O–H groups in total. The number of hydrogen-bond donors (Lipinski definition) is 2. The van der Waals surface area contributed by atoms with Crippen molar-refractivity contribution in [2.24, 2.45) is 0 Å². The van der Waals surface area contributed by atoms with Gasteiger partial charge in [-0.25, -0.2) is 9.37 Å². The number of benzene rings is 1. The van der Waals surface area contributed by atoms with Crippen LogP contribution in [0, 0.1) is 5.82 Å². The highest BCUT2D eigenvalue weighted by Crippen LogP contribution is 2.05. The Morgan fingerprint density at radius 1 is 1.31 bits per heavy atom. The molecule has 0 unspecified atom stereocenters. The molecule has 0 aliphatic rings. The van der Waals surface area contributed by atoms with E-state index in [0.717, 1.165) is 18.7 Å². The highest BCUT2D eigenvalue weighted by Gasteiger charge is 1.99. The van der Waals surface area contributed by atoms with Crippen molar-refractivity contribution in [2.45, 2.75) is 13.0 Å². The lowest BCUT2D eigenvalue weighted by Crippen LogP contribution is -2.17. The first-order chi connectivity index (χ1) is 7.86. The van der Waals surface area contributed by atoms with Gasteiger partial charge in [-0.1, -0.05) is 18.2 Å². The Balaban J connectivity index is 1.74. The van der Waals surface area contributed by atoms with Crippen molar-refractivity contribution in [1.82, 2.24) is 15.3 Å². The van der Waals surface area contributed by atoms with E-state index >= 15 is 0 Å². The van der Waals surface area contributed by atoms with Crippen LogP contribution in [-0.4, -0.2) is 16.5 Å². The van der Waals surface area contributed by atoms with Crippen molar-refractivity contribution in [3.05, 3.63) is 53.9 Å². The molecule has 1 aromatic heterocycles. The summed E-state index contributed by atoms with van der Waals surface area (Å²) in [6.07, 6.45) is 4.32.